The molecule has 1 N–H and O–H groups in total. The Bertz CT molecular complexity index is 1280. The van der Waals surface area contributed by atoms with Crippen LogP contribution in [0.5, 0.6) is 0 Å². The van der Waals surface area contributed by atoms with Gasteiger partial charge in [-0.15, -0.1) is 11.3 Å². The molecule has 0 aliphatic rings. The molecule has 2 heterocycles. The number of aromatic nitrogens is 2. The summed E-state index contributed by atoms with van der Waals surface area (Å²) in [6.45, 7) is 5.07. The highest BCUT2D eigenvalue weighted by Crippen LogP contribution is 2.27. The topological polar surface area (TPSA) is 117 Å². The molecule has 3 rings (SSSR count). The fraction of sp³-hybridized carbons (Fsp3) is 0.320. The van der Waals surface area contributed by atoms with Crippen molar-refractivity contribution in [2.75, 3.05) is 0 Å². The zero-order valence-electron chi connectivity index (χ0n) is 20.6. The first kappa shape index (κ1) is 28.7. The number of ether oxygens (including phenoxy) is 1. The van der Waals surface area contributed by atoms with Gasteiger partial charge in [-0.05, 0) is 38.5 Å². The van der Waals surface area contributed by atoms with Gasteiger partial charge < -0.3 is 10.1 Å². The number of nitrogens with one attached hydrogen (secondary N) is 1. The normalized spacial score (nSPS) is 12.2. The Hall–Kier alpha value is -3.84. The Morgan fingerprint density at radius 3 is 2.45 bits per heavy atom. The van der Waals surface area contributed by atoms with Crippen molar-refractivity contribution in [3.05, 3.63) is 70.5 Å². The smallest absolute Gasteiger partial charge is 0.363 e. The number of carbonyl (C=O) groups is 3. The maximum atomic E-state index is 12.8. The van der Waals surface area contributed by atoms with Crippen LogP contribution in [0.3, 0.4) is 0 Å². The first-order chi connectivity index (χ1) is 17.9. The second-order valence-electron chi connectivity index (χ2n) is 8.28. The molecule has 0 radical (unpaired) electrons. The fourth-order valence-corrected chi connectivity index (χ4v) is 4.14. The third-order valence-corrected chi connectivity index (χ3v) is 5.91. The van der Waals surface area contributed by atoms with Crippen molar-refractivity contribution in [3.63, 3.8) is 0 Å². The minimum Gasteiger partial charge on any atom is -0.363 e. The van der Waals surface area contributed by atoms with Gasteiger partial charge in [0.2, 0.25) is 0 Å². The van der Waals surface area contributed by atoms with Crippen molar-refractivity contribution in [2.45, 2.75) is 52.1 Å². The molecule has 0 saturated heterocycles. The predicted octanol–water partition coefficient (Wildman–Crippen LogP) is 4.34. The number of hydrogen-bond donors (Lipinski definition) is 1. The van der Waals surface area contributed by atoms with Crippen LogP contribution >= 0.6 is 11.3 Å². The molecule has 0 aliphatic heterocycles. The number of rotatable bonds is 9. The van der Waals surface area contributed by atoms with Crippen LogP contribution in [0.25, 0.3) is 10.6 Å². The van der Waals surface area contributed by atoms with Gasteiger partial charge in [0.25, 0.3) is 5.91 Å². The van der Waals surface area contributed by atoms with Gasteiger partial charge in [-0.25, -0.2) is 24.3 Å². The van der Waals surface area contributed by atoms with E-state index in [4.69, 9.17) is 4.74 Å². The summed E-state index contributed by atoms with van der Waals surface area (Å²) in [6.07, 6.45) is -5.85. The molecule has 0 fully saturated rings. The summed E-state index contributed by atoms with van der Waals surface area (Å²) in [5.41, 5.74) is 2.17. The largest absolute Gasteiger partial charge is 0.495 e. The quantitative estimate of drug-likeness (QED) is 0.308. The van der Waals surface area contributed by atoms with Crippen molar-refractivity contribution in [1.29, 1.82) is 0 Å². The average Bonchev–Trinajstić information content (AvgIpc) is 3.26. The van der Waals surface area contributed by atoms with Crippen LogP contribution in [-0.4, -0.2) is 46.2 Å². The molecule has 3 aromatic rings. The molecule has 1 amide bonds. The van der Waals surface area contributed by atoms with Crippen molar-refractivity contribution in [3.8, 4) is 10.6 Å². The first-order valence-electron chi connectivity index (χ1n) is 11.3. The monoisotopic (exact) mass is 551 g/mol. The molecule has 13 heteroatoms. The number of aryl methyl sites for hydroxylation is 1. The minimum absolute atomic E-state index is 0.0493. The maximum absolute atomic E-state index is 12.8. The number of alkyl halides is 3. The summed E-state index contributed by atoms with van der Waals surface area (Å²) in [6, 6.07) is 12.6. The molecule has 0 saturated carbocycles. The molecule has 2 aromatic heterocycles. The Balaban J connectivity index is 1.63. The molecule has 202 valence electrons. The number of carbonyl (C=O) groups excluding carboxylic acids is 3. The van der Waals surface area contributed by atoms with Crippen molar-refractivity contribution < 1.29 is 42.1 Å². The van der Waals surface area contributed by atoms with E-state index < -0.39 is 30.3 Å². The zero-order valence-corrected chi connectivity index (χ0v) is 21.4. The lowest BCUT2D eigenvalue weighted by Gasteiger charge is -2.18. The summed E-state index contributed by atoms with van der Waals surface area (Å²) in [4.78, 5) is 52.9. The van der Waals surface area contributed by atoms with E-state index in [0.717, 1.165) is 15.4 Å². The van der Waals surface area contributed by atoms with Crippen LogP contribution in [0.15, 0.2) is 48.7 Å². The summed E-state index contributed by atoms with van der Waals surface area (Å²) in [5, 5.41) is 3.48. The molecular weight excluding hydrogens is 527 g/mol. The molecule has 1 aromatic carbocycles. The lowest BCUT2D eigenvalue weighted by atomic mass is 10.1. The Morgan fingerprint density at radius 2 is 1.79 bits per heavy atom. The second-order valence-corrected chi connectivity index (χ2v) is 9.48. The summed E-state index contributed by atoms with van der Waals surface area (Å²) in [5.74, 6) is -4.36. The highest BCUT2D eigenvalue weighted by molar-refractivity contribution is 7.15. The molecule has 0 bridgehead atoms. The van der Waals surface area contributed by atoms with Gasteiger partial charge in [0.05, 0.1) is 18.3 Å². The summed E-state index contributed by atoms with van der Waals surface area (Å²) >= 11 is 1.40. The fourth-order valence-electron chi connectivity index (χ4n) is 3.23. The Labute approximate surface area is 219 Å². The van der Waals surface area contributed by atoms with Gasteiger partial charge in [0.1, 0.15) is 10.7 Å². The van der Waals surface area contributed by atoms with Crippen molar-refractivity contribution in [2.24, 2.45) is 0 Å². The molecule has 1 atom stereocenters. The third kappa shape index (κ3) is 8.08. The number of hydrogen-bond acceptors (Lipinski definition) is 9. The van der Waals surface area contributed by atoms with E-state index in [0.29, 0.717) is 17.0 Å². The number of halogens is 3. The lowest BCUT2D eigenvalue weighted by Crippen LogP contribution is -2.34. The van der Waals surface area contributed by atoms with Gasteiger partial charge in [-0.1, -0.05) is 30.3 Å². The number of amides is 1. The highest BCUT2D eigenvalue weighted by atomic mass is 32.1. The second kappa shape index (κ2) is 12.6. The molecule has 1 unspecified atom stereocenters. The predicted molar refractivity (Wildman–Crippen MR) is 130 cm³/mol. The Kier molecular flexibility index (Phi) is 9.53. The standard InChI is InChI=1S/C25H24F3N3O6S/c1-14(2)35-19(23(33)36-37-24(34)25(26,27)28)12-16-9-10-29-18(11-16)13-30-21(32)20-15(3)38-22(31-20)17-7-5-4-6-8-17/h4-11,14,19H,12-13H2,1-3H3,(H,30,32). The number of pyridine rings is 1. The van der Waals surface area contributed by atoms with Crippen LogP contribution in [0, 0.1) is 6.92 Å². The van der Waals surface area contributed by atoms with Crippen LogP contribution in [-0.2, 0) is 37.1 Å². The average molecular weight is 552 g/mol. The lowest BCUT2D eigenvalue weighted by molar-refractivity contribution is -0.290. The third-order valence-electron chi connectivity index (χ3n) is 4.89. The number of nitrogens with zero attached hydrogens (tertiary/aromatic N) is 2. The van der Waals surface area contributed by atoms with Gasteiger partial charge in [-0.2, -0.15) is 13.2 Å². The number of benzene rings is 1. The highest BCUT2D eigenvalue weighted by Gasteiger charge is 2.43. The zero-order chi connectivity index (χ0) is 27.9. The maximum Gasteiger partial charge on any atom is 0.495 e. The van der Waals surface area contributed by atoms with E-state index in [1.807, 2.05) is 30.3 Å². The van der Waals surface area contributed by atoms with Crippen LogP contribution in [0.1, 0.15) is 40.5 Å². The molecule has 0 aliphatic carbocycles. The van der Waals surface area contributed by atoms with Crippen LogP contribution in [0.4, 0.5) is 13.2 Å². The van der Waals surface area contributed by atoms with Crippen LogP contribution < -0.4 is 5.32 Å². The minimum atomic E-state index is -5.32. The molecule has 38 heavy (non-hydrogen) atoms. The van der Waals surface area contributed by atoms with Gasteiger partial charge in [0, 0.05) is 23.1 Å². The van der Waals surface area contributed by atoms with Gasteiger partial charge >= 0.3 is 18.1 Å². The van der Waals surface area contributed by atoms with E-state index in [1.54, 1.807) is 32.9 Å². The van der Waals surface area contributed by atoms with Gasteiger partial charge in [-0.3, -0.25) is 9.78 Å². The van der Waals surface area contributed by atoms with E-state index >= 15 is 0 Å². The van der Waals surface area contributed by atoms with E-state index in [2.05, 4.69) is 25.1 Å². The summed E-state index contributed by atoms with van der Waals surface area (Å²) in [7, 11) is 0. The van der Waals surface area contributed by atoms with Crippen molar-refractivity contribution in [1.82, 2.24) is 15.3 Å². The molecule has 9 nitrogen and oxygen atoms in total. The van der Waals surface area contributed by atoms with E-state index in [1.165, 1.54) is 17.5 Å². The van der Waals surface area contributed by atoms with E-state index in [9.17, 15) is 27.6 Å². The SMILES string of the molecule is Cc1sc(-c2ccccc2)nc1C(=O)NCc1cc(CC(OC(C)C)C(=O)OOC(=O)C(F)(F)F)ccn1. The van der Waals surface area contributed by atoms with Crippen LogP contribution in [0.2, 0.25) is 0 Å². The number of thiazole rings is 1. The summed E-state index contributed by atoms with van der Waals surface area (Å²) < 4.78 is 42.3. The first-order valence-corrected chi connectivity index (χ1v) is 12.2. The Morgan fingerprint density at radius 1 is 1.08 bits per heavy atom. The van der Waals surface area contributed by atoms with E-state index in [-0.39, 0.29) is 18.9 Å². The van der Waals surface area contributed by atoms with Gasteiger partial charge in [0.15, 0.2) is 6.10 Å². The van der Waals surface area contributed by atoms with Crippen molar-refractivity contribution >= 4 is 29.2 Å². The molecule has 0 spiro atoms. The molecular formula is C25H24F3N3O6S.